The van der Waals surface area contributed by atoms with Crippen molar-refractivity contribution in [1.82, 2.24) is 0 Å². The predicted molar refractivity (Wildman–Crippen MR) is 38.3 cm³/mol. The number of carbonyl (C=O) groups is 2. The number of aliphatic hydroxyl groups is 1. The van der Waals surface area contributed by atoms with Crippen molar-refractivity contribution in [1.29, 1.82) is 0 Å². The van der Waals surface area contributed by atoms with Gasteiger partial charge in [0.1, 0.15) is 5.60 Å². The summed E-state index contributed by atoms with van der Waals surface area (Å²) in [6.45, 7) is 0. The molecule has 3 N–H and O–H groups in total. The molecule has 5 heteroatoms. The molecule has 0 aliphatic heterocycles. The lowest BCUT2D eigenvalue weighted by Gasteiger charge is -2.16. The lowest BCUT2D eigenvalue weighted by Crippen LogP contribution is -2.32. The van der Waals surface area contributed by atoms with E-state index in [0.29, 0.717) is 0 Å². The summed E-state index contributed by atoms with van der Waals surface area (Å²) in [6.07, 6.45) is 3.24. The fourth-order valence-electron chi connectivity index (χ4n) is 0.665. The zero-order valence-electron chi connectivity index (χ0n) is 6.15. The van der Waals surface area contributed by atoms with Gasteiger partial charge in [-0.05, 0) is 0 Å². The van der Waals surface area contributed by atoms with Crippen molar-refractivity contribution >= 4 is 11.9 Å². The molecule has 0 saturated carbocycles. The summed E-state index contributed by atoms with van der Waals surface area (Å²) in [5.41, 5.74) is -2.09. The number of aliphatic carboxylic acids is 2. The lowest BCUT2D eigenvalue weighted by molar-refractivity contribution is -0.145. The Bertz CT molecular complexity index is 221. The third kappa shape index (κ3) is 3.58. The molecule has 0 bridgehead atoms. The molecule has 0 radical (unpaired) electrons. The van der Waals surface area contributed by atoms with Crippen molar-refractivity contribution in [2.75, 3.05) is 0 Å². The molecule has 0 spiro atoms. The highest BCUT2D eigenvalue weighted by Crippen LogP contribution is 2.13. The van der Waals surface area contributed by atoms with Gasteiger partial charge in [-0.15, -0.1) is 6.42 Å². The van der Waals surface area contributed by atoms with Gasteiger partial charge < -0.3 is 15.3 Å². The third-order valence-corrected chi connectivity index (χ3v) is 1.16. The summed E-state index contributed by atoms with van der Waals surface area (Å²) in [5, 5.41) is 25.7. The van der Waals surface area contributed by atoms with Crippen LogP contribution in [-0.4, -0.2) is 32.9 Å². The summed E-state index contributed by atoms with van der Waals surface area (Å²) < 4.78 is 0. The Balaban J connectivity index is 4.37. The number of hydrogen-bond donors (Lipinski definition) is 3. The second-order valence-corrected chi connectivity index (χ2v) is 2.32. The van der Waals surface area contributed by atoms with Gasteiger partial charge in [0.15, 0.2) is 0 Å². The van der Waals surface area contributed by atoms with E-state index in [-0.39, 0.29) is 0 Å². The Morgan fingerprint density at radius 2 is 1.58 bits per heavy atom. The van der Waals surface area contributed by atoms with Crippen LogP contribution in [0.15, 0.2) is 0 Å². The SMILES string of the molecule is C#CC(O)(CC(=O)O)CC(=O)O. The van der Waals surface area contributed by atoms with Gasteiger partial charge in [-0.1, -0.05) is 5.92 Å². The van der Waals surface area contributed by atoms with Gasteiger partial charge in [0.25, 0.3) is 0 Å². The quantitative estimate of drug-likeness (QED) is 0.487. The standard InChI is InChI=1S/C7H8O5/c1-2-7(12,3-5(8)9)4-6(10)11/h1,12H,3-4H2,(H,8,9)(H,10,11). The maximum Gasteiger partial charge on any atom is 0.307 e. The molecule has 66 valence electrons. The van der Waals surface area contributed by atoms with Crippen LogP contribution < -0.4 is 0 Å². The van der Waals surface area contributed by atoms with Gasteiger partial charge in [0.05, 0.1) is 12.8 Å². The number of hydrogen-bond acceptors (Lipinski definition) is 3. The van der Waals surface area contributed by atoms with Gasteiger partial charge in [-0.25, -0.2) is 0 Å². The maximum atomic E-state index is 10.1. The number of carboxylic acid groups (broad SMARTS) is 2. The second-order valence-electron chi connectivity index (χ2n) is 2.32. The van der Waals surface area contributed by atoms with Crippen LogP contribution in [0.25, 0.3) is 0 Å². The minimum absolute atomic E-state index is 0.768. The van der Waals surface area contributed by atoms with E-state index in [1.54, 1.807) is 5.92 Å². The zero-order chi connectivity index (χ0) is 9.78. The molecule has 12 heavy (non-hydrogen) atoms. The maximum absolute atomic E-state index is 10.1. The van der Waals surface area contributed by atoms with Crippen molar-refractivity contribution in [3.8, 4) is 12.3 Å². The van der Waals surface area contributed by atoms with E-state index in [9.17, 15) is 9.59 Å². The smallest absolute Gasteiger partial charge is 0.307 e. The molecule has 0 unspecified atom stereocenters. The van der Waals surface area contributed by atoms with Crippen molar-refractivity contribution in [2.45, 2.75) is 18.4 Å². The van der Waals surface area contributed by atoms with E-state index in [1.165, 1.54) is 0 Å². The molecule has 0 saturated heterocycles. The Morgan fingerprint density at radius 3 is 1.75 bits per heavy atom. The van der Waals surface area contributed by atoms with Crippen molar-refractivity contribution in [3.63, 3.8) is 0 Å². The Kier molecular flexibility index (Phi) is 3.26. The Labute approximate surface area is 68.6 Å². The van der Waals surface area contributed by atoms with E-state index < -0.39 is 30.4 Å². The molecule has 0 aliphatic rings. The molecule has 0 rings (SSSR count). The molecule has 5 nitrogen and oxygen atoms in total. The predicted octanol–water partition coefficient (Wildman–Crippen LogP) is -0.700. The molecule has 0 aliphatic carbocycles. The molecule has 0 aromatic carbocycles. The van der Waals surface area contributed by atoms with Crippen LogP contribution in [-0.2, 0) is 9.59 Å². The third-order valence-electron chi connectivity index (χ3n) is 1.16. The fraction of sp³-hybridized carbons (Fsp3) is 0.429. The van der Waals surface area contributed by atoms with Gasteiger partial charge in [-0.3, -0.25) is 9.59 Å². The number of carboxylic acids is 2. The summed E-state index contributed by atoms with van der Waals surface area (Å²) in [4.78, 5) is 20.2. The van der Waals surface area contributed by atoms with Crippen LogP contribution in [0.5, 0.6) is 0 Å². The van der Waals surface area contributed by atoms with E-state index in [0.717, 1.165) is 0 Å². The van der Waals surface area contributed by atoms with Crippen LogP contribution in [0.3, 0.4) is 0 Å². The average molecular weight is 172 g/mol. The summed E-state index contributed by atoms with van der Waals surface area (Å²) in [6, 6.07) is 0. The molecule has 0 fully saturated rings. The fourth-order valence-corrected chi connectivity index (χ4v) is 0.665. The first kappa shape index (κ1) is 10.5. The van der Waals surface area contributed by atoms with Crippen molar-refractivity contribution in [3.05, 3.63) is 0 Å². The minimum Gasteiger partial charge on any atom is -0.481 e. The highest BCUT2D eigenvalue weighted by atomic mass is 16.4. The second kappa shape index (κ2) is 3.74. The molecular weight excluding hydrogens is 164 g/mol. The van der Waals surface area contributed by atoms with Gasteiger partial charge >= 0.3 is 11.9 Å². The highest BCUT2D eigenvalue weighted by Gasteiger charge is 2.30. The Morgan fingerprint density at radius 1 is 1.25 bits per heavy atom. The zero-order valence-corrected chi connectivity index (χ0v) is 6.15. The summed E-state index contributed by atoms with van der Waals surface area (Å²) in [5.74, 6) is -0.938. The highest BCUT2D eigenvalue weighted by molar-refractivity contribution is 5.73. The van der Waals surface area contributed by atoms with Crippen LogP contribution in [0.4, 0.5) is 0 Å². The lowest BCUT2D eigenvalue weighted by atomic mass is 9.97. The van der Waals surface area contributed by atoms with Crippen LogP contribution in [0, 0.1) is 12.3 Å². The molecule has 0 aromatic heterocycles. The van der Waals surface area contributed by atoms with E-state index in [2.05, 4.69) is 0 Å². The van der Waals surface area contributed by atoms with Crippen LogP contribution in [0.2, 0.25) is 0 Å². The average Bonchev–Trinajstić information content (AvgIpc) is 1.83. The number of rotatable bonds is 4. The van der Waals surface area contributed by atoms with Crippen LogP contribution in [0.1, 0.15) is 12.8 Å². The first-order valence-electron chi connectivity index (χ1n) is 3.03. The number of terminal acetylenes is 1. The normalized spacial score (nSPS) is 10.3. The molecule has 0 amide bonds. The Hall–Kier alpha value is -1.54. The van der Waals surface area contributed by atoms with Gasteiger partial charge in [0.2, 0.25) is 0 Å². The molecule has 0 atom stereocenters. The first-order chi connectivity index (χ1) is 5.39. The summed E-state index contributed by atoms with van der Waals surface area (Å²) in [7, 11) is 0. The first-order valence-corrected chi connectivity index (χ1v) is 3.03. The molecular formula is C7H8O5. The van der Waals surface area contributed by atoms with E-state index >= 15 is 0 Å². The largest absolute Gasteiger partial charge is 0.481 e. The topological polar surface area (TPSA) is 94.8 Å². The van der Waals surface area contributed by atoms with Crippen molar-refractivity contribution < 1.29 is 24.9 Å². The monoisotopic (exact) mass is 172 g/mol. The van der Waals surface area contributed by atoms with Gasteiger partial charge in [-0.2, -0.15) is 0 Å². The molecule has 0 aromatic rings. The minimum atomic E-state index is -2.09. The molecule has 0 heterocycles. The van der Waals surface area contributed by atoms with E-state index in [4.69, 9.17) is 21.7 Å². The van der Waals surface area contributed by atoms with Crippen LogP contribution >= 0.6 is 0 Å². The van der Waals surface area contributed by atoms with Crippen molar-refractivity contribution in [2.24, 2.45) is 0 Å². The van der Waals surface area contributed by atoms with E-state index in [1.807, 2.05) is 0 Å². The summed E-state index contributed by atoms with van der Waals surface area (Å²) >= 11 is 0. The van der Waals surface area contributed by atoms with Gasteiger partial charge in [0, 0.05) is 0 Å².